The Bertz CT molecular complexity index is 1110. The molecule has 0 radical (unpaired) electrons. The number of benzene rings is 3. The lowest BCUT2D eigenvalue weighted by atomic mass is 9.81. The lowest BCUT2D eigenvalue weighted by Gasteiger charge is -2.29. The van der Waals surface area contributed by atoms with E-state index in [0.717, 1.165) is 21.9 Å². The summed E-state index contributed by atoms with van der Waals surface area (Å²) in [5.74, 6) is -0.486. The fourth-order valence-electron chi connectivity index (χ4n) is 3.96. The molecule has 0 fully saturated rings. The van der Waals surface area contributed by atoms with Gasteiger partial charge in [0.2, 0.25) is 0 Å². The van der Waals surface area contributed by atoms with Gasteiger partial charge in [-0.15, -0.1) is 0 Å². The van der Waals surface area contributed by atoms with Crippen LogP contribution in [0.15, 0.2) is 54.6 Å². The van der Waals surface area contributed by atoms with Gasteiger partial charge in [-0.05, 0) is 50.9 Å². The van der Waals surface area contributed by atoms with Crippen LogP contribution in [0.25, 0.3) is 10.8 Å². The molecule has 148 valence electrons. The van der Waals surface area contributed by atoms with Gasteiger partial charge in [0.05, 0.1) is 16.8 Å². The first-order valence-corrected chi connectivity index (χ1v) is 10.0. The van der Waals surface area contributed by atoms with Gasteiger partial charge in [-0.1, -0.05) is 77.9 Å². The van der Waals surface area contributed by atoms with E-state index in [-0.39, 0.29) is 22.6 Å². The molecule has 1 aliphatic rings. The minimum atomic E-state index is -0.243. The van der Waals surface area contributed by atoms with Crippen LogP contribution in [0.1, 0.15) is 73.4 Å². The topological polar surface area (TPSA) is 37.4 Å². The highest BCUT2D eigenvalue weighted by Gasteiger charge is 2.39. The number of carbonyl (C=O) groups excluding carboxylic acids is 2. The second-order valence-corrected chi connectivity index (χ2v) is 9.92. The van der Waals surface area contributed by atoms with Crippen LogP contribution in [0.3, 0.4) is 0 Å². The van der Waals surface area contributed by atoms with Gasteiger partial charge in [-0.3, -0.25) is 9.59 Å². The third-order valence-electron chi connectivity index (χ3n) is 5.67. The maximum absolute atomic E-state index is 13.4. The Morgan fingerprint density at radius 3 is 1.62 bits per heavy atom. The Hall–Kier alpha value is -2.94. The van der Waals surface area contributed by atoms with Crippen molar-refractivity contribution in [2.24, 2.45) is 0 Å². The van der Waals surface area contributed by atoms with Crippen molar-refractivity contribution in [2.75, 3.05) is 4.90 Å². The Morgan fingerprint density at radius 2 is 1.17 bits per heavy atom. The summed E-state index contributed by atoms with van der Waals surface area (Å²) in [7, 11) is 0. The van der Waals surface area contributed by atoms with Crippen molar-refractivity contribution in [3.05, 3.63) is 76.9 Å². The van der Waals surface area contributed by atoms with Gasteiger partial charge in [-0.25, -0.2) is 4.90 Å². The summed E-state index contributed by atoms with van der Waals surface area (Å²) in [6.45, 7) is 12.7. The Labute approximate surface area is 172 Å². The van der Waals surface area contributed by atoms with E-state index in [4.69, 9.17) is 0 Å². The number of hydrogen-bond acceptors (Lipinski definition) is 2. The highest BCUT2D eigenvalue weighted by Crippen LogP contribution is 2.40. The maximum atomic E-state index is 13.4. The molecule has 0 aromatic heterocycles. The molecule has 0 bridgehead atoms. The fraction of sp³-hybridized carbons (Fsp3) is 0.308. The van der Waals surface area contributed by atoms with Crippen molar-refractivity contribution in [3.8, 4) is 0 Å². The van der Waals surface area contributed by atoms with E-state index < -0.39 is 0 Å². The average Bonchev–Trinajstić information content (AvgIpc) is 2.88. The zero-order chi connectivity index (χ0) is 21.1. The summed E-state index contributed by atoms with van der Waals surface area (Å²) in [4.78, 5) is 28.2. The van der Waals surface area contributed by atoms with Crippen molar-refractivity contribution in [1.29, 1.82) is 0 Å². The number of imide groups is 1. The molecule has 0 saturated heterocycles. The van der Waals surface area contributed by atoms with Gasteiger partial charge in [0.1, 0.15) is 0 Å². The molecule has 3 heteroatoms. The van der Waals surface area contributed by atoms with Gasteiger partial charge in [0.25, 0.3) is 11.8 Å². The van der Waals surface area contributed by atoms with Crippen LogP contribution < -0.4 is 4.90 Å². The predicted octanol–water partition coefficient (Wildman–Crippen LogP) is 6.24. The van der Waals surface area contributed by atoms with Crippen LogP contribution in [0.5, 0.6) is 0 Å². The number of amides is 2. The van der Waals surface area contributed by atoms with Gasteiger partial charge < -0.3 is 0 Å². The molecule has 3 aromatic rings. The first kappa shape index (κ1) is 19.4. The van der Waals surface area contributed by atoms with Crippen molar-refractivity contribution in [2.45, 2.75) is 52.4 Å². The van der Waals surface area contributed by atoms with E-state index in [0.29, 0.717) is 16.8 Å². The number of anilines is 1. The summed E-state index contributed by atoms with van der Waals surface area (Å²) < 4.78 is 0. The fourth-order valence-corrected chi connectivity index (χ4v) is 3.96. The quantitative estimate of drug-likeness (QED) is 0.465. The second kappa shape index (κ2) is 6.28. The normalized spacial score (nSPS) is 14.6. The zero-order valence-electron chi connectivity index (χ0n) is 18.0. The molecule has 0 atom stereocenters. The number of carbonyl (C=O) groups is 2. The lowest BCUT2D eigenvalue weighted by Crippen LogP contribution is -2.32. The third-order valence-corrected chi connectivity index (χ3v) is 5.67. The summed E-state index contributed by atoms with van der Waals surface area (Å²) >= 11 is 0. The average molecular weight is 386 g/mol. The Kier molecular flexibility index (Phi) is 4.20. The van der Waals surface area contributed by atoms with Crippen molar-refractivity contribution >= 4 is 28.3 Å². The van der Waals surface area contributed by atoms with Crippen molar-refractivity contribution < 1.29 is 9.59 Å². The van der Waals surface area contributed by atoms with Gasteiger partial charge in [0, 0.05) is 0 Å². The molecular formula is C26H27NO2. The molecule has 0 spiro atoms. The monoisotopic (exact) mass is 385 g/mol. The second-order valence-electron chi connectivity index (χ2n) is 9.92. The SMILES string of the molecule is CC(C)(C)c1ccc(C(C)(C)C)c(N2C(=O)c3cc4ccccc4cc3C2=O)c1. The molecule has 0 aliphatic carbocycles. The first-order valence-electron chi connectivity index (χ1n) is 10.0. The van der Waals surface area contributed by atoms with Crippen molar-refractivity contribution in [1.82, 2.24) is 0 Å². The van der Waals surface area contributed by atoms with E-state index in [1.807, 2.05) is 42.5 Å². The highest BCUT2D eigenvalue weighted by atomic mass is 16.2. The zero-order valence-corrected chi connectivity index (χ0v) is 18.0. The molecule has 0 unspecified atom stereocenters. The van der Waals surface area contributed by atoms with Crippen LogP contribution in [0.2, 0.25) is 0 Å². The smallest absolute Gasteiger partial charge is 0.266 e. The Morgan fingerprint density at radius 1 is 0.655 bits per heavy atom. The molecule has 4 rings (SSSR count). The van der Waals surface area contributed by atoms with Crippen LogP contribution in [0, 0.1) is 0 Å². The lowest BCUT2D eigenvalue weighted by molar-refractivity contribution is 0.0925. The van der Waals surface area contributed by atoms with Gasteiger partial charge in [-0.2, -0.15) is 0 Å². The standard InChI is InChI=1S/C26H27NO2/c1-25(2,3)18-11-12-21(26(4,5)6)22(15-18)27-23(28)19-13-16-9-7-8-10-17(16)14-20(19)24(27)29/h7-15H,1-6H3. The summed E-state index contributed by atoms with van der Waals surface area (Å²) in [6, 6.07) is 17.7. The molecule has 0 saturated carbocycles. The van der Waals surface area contributed by atoms with Crippen LogP contribution >= 0.6 is 0 Å². The van der Waals surface area contributed by atoms with Gasteiger partial charge >= 0.3 is 0 Å². The molecule has 2 amide bonds. The first-order chi connectivity index (χ1) is 13.5. The third kappa shape index (κ3) is 3.15. The van der Waals surface area contributed by atoms with Gasteiger partial charge in [0.15, 0.2) is 0 Å². The van der Waals surface area contributed by atoms with Crippen molar-refractivity contribution in [3.63, 3.8) is 0 Å². The minimum Gasteiger partial charge on any atom is -0.268 e. The van der Waals surface area contributed by atoms with E-state index in [2.05, 4.69) is 53.7 Å². The predicted molar refractivity (Wildman–Crippen MR) is 119 cm³/mol. The number of rotatable bonds is 1. The molecule has 1 heterocycles. The highest BCUT2D eigenvalue weighted by molar-refractivity contribution is 6.35. The van der Waals surface area contributed by atoms with E-state index >= 15 is 0 Å². The molecule has 3 aromatic carbocycles. The molecule has 1 aliphatic heterocycles. The van der Waals surface area contributed by atoms with E-state index in [1.165, 1.54) is 4.90 Å². The number of fused-ring (bicyclic) bond motifs is 2. The molecule has 3 nitrogen and oxygen atoms in total. The maximum Gasteiger partial charge on any atom is 0.266 e. The van der Waals surface area contributed by atoms with Crippen LogP contribution in [-0.2, 0) is 10.8 Å². The largest absolute Gasteiger partial charge is 0.268 e. The summed E-state index contributed by atoms with van der Waals surface area (Å²) in [5.41, 5.74) is 3.46. The van der Waals surface area contributed by atoms with E-state index in [9.17, 15) is 9.59 Å². The number of nitrogens with zero attached hydrogens (tertiary/aromatic N) is 1. The van der Waals surface area contributed by atoms with Crippen LogP contribution in [-0.4, -0.2) is 11.8 Å². The number of hydrogen-bond donors (Lipinski definition) is 0. The summed E-state index contributed by atoms with van der Waals surface area (Å²) in [6.07, 6.45) is 0. The molecule has 0 N–H and O–H groups in total. The Balaban J connectivity index is 1.93. The summed E-state index contributed by atoms with van der Waals surface area (Å²) in [5, 5.41) is 1.93. The molecule has 29 heavy (non-hydrogen) atoms. The molecular weight excluding hydrogens is 358 g/mol. The van der Waals surface area contributed by atoms with E-state index in [1.54, 1.807) is 0 Å². The minimum absolute atomic E-state index is 0.0848. The van der Waals surface area contributed by atoms with Crippen LogP contribution in [0.4, 0.5) is 5.69 Å².